The Morgan fingerprint density at radius 3 is 2.32 bits per heavy atom. The van der Waals surface area contributed by atoms with Crippen LogP contribution in [0.2, 0.25) is 0 Å². The first kappa shape index (κ1) is 20.5. The fraction of sp³-hybridized carbons (Fsp3) is 0.100. The Bertz CT molecular complexity index is 902. The maximum atomic E-state index is 5.78. The molecule has 0 aliphatic heterocycles. The molecule has 123 valence electrons. The number of nitrogens with zero attached hydrogens (tertiary/aromatic N) is 1. The van der Waals surface area contributed by atoms with Crippen LogP contribution in [-0.2, 0) is 24.7 Å². The van der Waals surface area contributed by atoms with E-state index in [-0.39, 0.29) is 24.8 Å². The van der Waals surface area contributed by atoms with Crippen LogP contribution in [0.25, 0.3) is 11.1 Å². The standard InChI is InChI=1S/C20H14NS.2ClH.Zr/c1-13-10-18-16(14-6-3-2-4-7-14)11-17(19(18)20(13)22)15-8-5-9-21-12-15;;;/h2-9,11-12,18H,1H3;2*1H;/q;;;+2/p-2. The largest absolute Gasteiger partial charge is 1.00 e. The first-order chi connectivity index (χ1) is 11.2. The van der Waals surface area contributed by atoms with E-state index >= 15 is 0 Å². The third-order valence-corrected chi connectivity index (χ3v) is 6.70. The molecular weight excluding hydrogens is 448 g/mol. The normalized spacial score (nSPS) is 18.6. The summed E-state index contributed by atoms with van der Waals surface area (Å²) < 4.78 is 1.46. The molecule has 2 aliphatic carbocycles. The molecule has 0 saturated heterocycles. The van der Waals surface area contributed by atoms with Gasteiger partial charge in [-0.15, -0.1) is 0 Å². The molecule has 0 radical (unpaired) electrons. The number of hydrogen-bond donors (Lipinski definition) is 0. The van der Waals surface area contributed by atoms with Crippen molar-refractivity contribution in [1.82, 2.24) is 4.98 Å². The van der Waals surface area contributed by atoms with Crippen LogP contribution in [-0.4, -0.2) is 9.85 Å². The molecule has 4 rings (SSSR count). The van der Waals surface area contributed by atoms with Gasteiger partial charge in [0.2, 0.25) is 0 Å². The van der Waals surface area contributed by atoms with E-state index in [0.29, 0.717) is 5.92 Å². The van der Waals surface area contributed by atoms with Crippen molar-refractivity contribution in [2.24, 2.45) is 5.92 Å². The van der Waals surface area contributed by atoms with Gasteiger partial charge in [0.25, 0.3) is 0 Å². The molecular formula is C20H14Cl2NSZr. The Balaban J connectivity index is 0.00000113. The summed E-state index contributed by atoms with van der Waals surface area (Å²) in [5, 5.41) is 0. The van der Waals surface area contributed by atoms with E-state index < -0.39 is 0 Å². The summed E-state index contributed by atoms with van der Waals surface area (Å²) in [5.41, 5.74) is 7.64. The predicted octanol–water partition coefficient (Wildman–Crippen LogP) is -1.24. The summed E-state index contributed by atoms with van der Waals surface area (Å²) in [6.07, 6.45) is 6.06. The minimum atomic E-state index is 0. The monoisotopic (exact) mass is 460 g/mol. The van der Waals surface area contributed by atoms with E-state index in [4.69, 9.17) is 12.2 Å². The van der Waals surface area contributed by atoms with Gasteiger partial charge in [0.1, 0.15) is 0 Å². The van der Waals surface area contributed by atoms with Crippen molar-refractivity contribution in [3.8, 4) is 0 Å². The van der Waals surface area contributed by atoms with Gasteiger partial charge < -0.3 is 24.8 Å². The zero-order valence-corrected chi connectivity index (χ0v) is 18.2. The average molecular weight is 463 g/mol. The van der Waals surface area contributed by atoms with Crippen LogP contribution in [0.3, 0.4) is 0 Å². The number of halogens is 2. The van der Waals surface area contributed by atoms with Gasteiger partial charge in [0.05, 0.1) is 0 Å². The average Bonchev–Trinajstić information content (AvgIpc) is 3.10. The molecule has 0 fully saturated rings. The third kappa shape index (κ3) is 3.40. The topological polar surface area (TPSA) is 12.9 Å². The van der Waals surface area contributed by atoms with Gasteiger partial charge in [0.15, 0.2) is 0 Å². The molecule has 1 aromatic carbocycles. The molecule has 1 aromatic heterocycles. The van der Waals surface area contributed by atoms with Gasteiger partial charge in [-0.05, 0) is 0 Å². The third-order valence-electron chi connectivity index (χ3n) is 4.55. The summed E-state index contributed by atoms with van der Waals surface area (Å²) in [6.45, 7) is 2.17. The fourth-order valence-electron chi connectivity index (χ4n) is 3.36. The van der Waals surface area contributed by atoms with E-state index in [2.05, 4.69) is 54.4 Å². The number of benzene rings is 1. The number of thiocarbonyl (C=S) groups is 1. The predicted molar refractivity (Wildman–Crippen MR) is 94.4 cm³/mol. The summed E-state index contributed by atoms with van der Waals surface area (Å²) >= 11 is 7.23. The van der Waals surface area contributed by atoms with Crippen LogP contribution in [0.4, 0.5) is 0 Å². The van der Waals surface area contributed by atoms with Gasteiger partial charge in [-0.3, -0.25) is 0 Å². The van der Waals surface area contributed by atoms with Gasteiger partial charge in [-0.2, -0.15) is 0 Å². The molecule has 1 unspecified atom stereocenters. The van der Waals surface area contributed by atoms with Crippen molar-refractivity contribution in [3.05, 3.63) is 86.5 Å². The second kappa shape index (κ2) is 8.23. The van der Waals surface area contributed by atoms with Gasteiger partial charge in [0, 0.05) is 0 Å². The molecule has 1 heterocycles. The first-order valence-electron chi connectivity index (χ1n) is 7.57. The second-order valence-electron chi connectivity index (χ2n) is 5.84. The molecule has 1 nitrogen and oxygen atoms in total. The van der Waals surface area contributed by atoms with Crippen molar-refractivity contribution in [2.45, 2.75) is 6.92 Å². The Labute approximate surface area is 181 Å². The van der Waals surface area contributed by atoms with Crippen molar-refractivity contribution in [2.75, 3.05) is 0 Å². The number of fused-ring (bicyclic) bond motifs is 1. The van der Waals surface area contributed by atoms with Crippen LogP contribution in [0.1, 0.15) is 18.1 Å². The SMILES string of the molecule is CC1=[C]([Zr+2])C2C(c3ccccc3)=CC(c3cccnc3)=C2C1=S.[Cl-].[Cl-]. The zero-order valence-electron chi connectivity index (χ0n) is 13.5. The fourth-order valence-corrected chi connectivity index (χ4v) is 4.97. The molecule has 2 aliphatic rings. The van der Waals surface area contributed by atoms with Crippen molar-refractivity contribution in [1.29, 1.82) is 0 Å². The number of pyridine rings is 1. The summed E-state index contributed by atoms with van der Waals surface area (Å²) in [5.74, 6) is 0.332. The molecule has 2 aromatic rings. The van der Waals surface area contributed by atoms with Crippen LogP contribution >= 0.6 is 12.2 Å². The van der Waals surface area contributed by atoms with Gasteiger partial charge >= 0.3 is 157 Å². The molecule has 0 N–H and O–H groups in total. The van der Waals surface area contributed by atoms with Crippen LogP contribution < -0.4 is 24.8 Å². The molecule has 0 saturated carbocycles. The number of allylic oxidation sites excluding steroid dienone is 6. The Morgan fingerprint density at radius 1 is 1.00 bits per heavy atom. The Hall–Kier alpha value is -0.857. The molecule has 0 amide bonds. The van der Waals surface area contributed by atoms with Crippen molar-refractivity contribution in [3.63, 3.8) is 0 Å². The minimum absolute atomic E-state index is 0. The quantitative estimate of drug-likeness (QED) is 0.518. The number of rotatable bonds is 2. The number of aromatic nitrogens is 1. The van der Waals surface area contributed by atoms with E-state index in [9.17, 15) is 0 Å². The maximum Gasteiger partial charge on any atom is -1.00 e. The molecule has 1 atom stereocenters. The van der Waals surface area contributed by atoms with E-state index in [1.165, 1.54) is 55.9 Å². The Kier molecular flexibility index (Phi) is 6.73. The van der Waals surface area contributed by atoms with Crippen molar-refractivity contribution < 1.29 is 49.5 Å². The van der Waals surface area contributed by atoms with Gasteiger partial charge in [-0.1, -0.05) is 0 Å². The van der Waals surface area contributed by atoms with Crippen LogP contribution in [0.5, 0.6) is 0 Å². The van der Waals surface area contributed by atoms with Crippen LogP contribution in [0, 0.1) is 5.92 Å². The molecule has 0 spiro atoms. The summed E-state index contributed by atoms with van der Waals surface area (Å²) in [4.78, 5) is 5.32. The van der Waals surface area contributed by atoms with Gasteiger partial charge in [-0.25, -0.2) is 0 Å². The summed E-state index contributed by atoms with van der Waals surface area (Å²) in [7, 11) is 0. The molecule has 5 heteroatoms. The number of hydrogen-bond acceptors (Lipinski definition) is 2. The molecule has 0 bridgehead atoms. The molecule has 25 heavy (non-hydrogen) atoms. The zero-order chi connectivity index (χ0) is 16.0. The van der Waals surface area contributed by atoms with Crippen LogP contribution in [0.15, 0.2) is 75.4 Å². The Morgan fingerprint density at radius 2 is 1.68 bits per heavy atom. The minimum Gasteiger partial charge on any atom is -1.00 e. The van der Waals surface area contributed by atoms with Crippen molar-refractivity contribution >= 4 is 28.2 Å². The summed E-state index contributed by atoms with van der Waals surface area (Å²) in [6, 6.07) is 14.8. The first-order valence-corrected chi connectivity index (χ1v) is 9.21. The maximum absolute atomic E-state index is 5.78. The smallest absolute Gasteiger partial charge is 1.00 e. The van der Waals surface area contributed by atoms with E-state index in [0.717, 1.165) is 10.4 Å². The van der Waals surface area contributed by atoms with E-state index in [1.807, 2.05) is 18.5 Å². The van der Waals surface area contributed by atoms with E-state index in [1.54, 1.807) is 0 Å². The second-order valence-corrected chi connectivity index (χ2v) is 7.57.